The van der Waals surface area contributed by atoms with Crippen molar-refractivity contribution in [1.29, 1.82) is 0 Å². The zero-order valence-electron chi connectivity index (χ0n) is 33.5. The maximum absolute atomic E-state index is 6.46. The lowest BCUT2D eigenvalue weighted by Crippen LogP contribution is -2.04. The summed E-state index contributed by atoms with van der Waals surface area (Å²) < 4.78 is 8.91. The Morgan fingerprint density at radius 2 is 0.790 bits per heavy atom. The van der Waals surface area contributed by atoms with Gasteiger partial charge in [0.1, 0.15) is 11.2 Å². The molecule has 0 N–H and O–H groups in total. The van der Waals surface area contributed by atoms with Crippen molar-refractivity contribution in [3.63, 3.8) is 0 Å². The molecule has 0 amide bonds. The molecule has 62 heavy (non-hydrogen) atoms. The maximum Gasteiger partial charge on any atom is 0.164 e. The van der Waals surface area contributed by atoms with Crippen molar-refractivity contribution in [2.45, 2.75) is 0 Å². The highest BCUT2D eigenvalue weighted by molar-refractivity contribution is 6.17. The Morgan fingerprint density at radius 3 is 1.45 bits per heavy atom. The number of hydrogen-bond acceptors (Lipinski definition) is 4. The van der Waals surface area contributed by atoms with Gasteiger partial charge in [-0.05, 0) is 64.7 Å². The lowest BCUT2D eigenvalue weighted by molar-refractivity contribution is 0.669. The van der Waals surface area contributed by atoms with Crippen LogP contribution in [0.2, 0.25) is 0 Å². The van der Waals surface area contributed by atoms with Gasteiger partial charge in [-0.2, -0.15) is 0 Å². The number of rotatable bonds is 7. The van der Waals surface area contributed by atoms with E-state index in [1.165, 1.54) is 0 Å². The van der Waals surface area contributed by atoms with Crippen LogP contribution in [0.25, 0.3) is 117 Å². The lowest BCUT2D eigenvalue weighted by atomic mass is 9.92. The molecular weight excluding hydrogens is 757 g/mol. The molecule has 0 radical (unpaired) electrons. The number of benzene rings is 9. The molecule has 12 aromatic rings. The molecule has 9 aromatic carbocycles. The number of para-hydroxylation sites is 2. The quantitative estimate of drug-likeness (QED) is 0.161. The summed E-state index contributed by atoms with van der Waals surface area (Å²) in [6.07, 6.45) is 0. The third kappa shape index (κ3) is 6.06. The summed E-state index contributed by atoms with van der Waals surface area (Å²) in [5.41, 5.74) is 14.2. The van der Waals surface area contributed by atoms with E-state index >= 15 is 0 Å². The van der Waals surface area contributed by atoms with Crippen molar-refractivity contribution >= 4 is 43.7 Å². The molecule has 0 unspecified atom stereocenters. The van der Waals surface area contributed by atoms with E-state index < -0.39 is 0 Å². The van der Waals surface area contributed by atoms with Crippen molar-refractivity contribution in [3.05, 3.63) is 218 Å². The number of aromatic nitrogens is 4. The van der Waals surface area contributed by atoms with E-state index in [9.17, 15) is 0 Å². The van der Waals surface area contributed by atoms with Crippen LogP contribution in [0.15, 0.2) is 223 Å². The Morgan fingerprint density at radius 1 is 0.290 bits per heavy atom. The average molecular weight is 793 g/mol. The lowest BCUT2D eigenvalue weighted by Gasteiger charge is -2.21. The van der Waals surface area contributed by atoms with E-state index in [4.69, 9.17) is 19.4 Å². The SMILES string of the molecule is c1ccc(-c2cccc(-c3nc(-c4ccccc4)nc(-c4cc(-c5ccccc5)c(-n5c6ccccc6c6cc7oc8ccccc8c7cc65)c(-c5ccccc5)c4)n3)c2)cc1. The molecule has 0 aliphatic rings. The summed E-state index contributed by atoms with van der Waals surface area (Å²) in [5, 5.41) is 4.46. The molecule has 5 heteroatoms. The molecule has 0 fully saturated rings. The second-order valence-electron chi connectivity index (χ2n) is 15.6. The van der Waals surface area contributed by atoms with Gasteiger partial charge in [0, 0.05) is 49.4 Å². The van der Waals surface area contributed by atoms with Crippen molar-refractivity contribution in [3.8, 4) is 73.2 Å². The smallest absolute Gasteiger partial charge is 0.164 e. The summed E-state index contributed by atoms with van der Waals surface area (Å²) in [4.78, 5) is 15.7. The maximum atomic E-state index is 6.46. The molecule has 0 atom stereocenters. The third-order valence-electron chi connectivity index (χ3n) is 11.8. The Hall–Kier alpha value is -8.41. The zero-order valence-corrected chi connectivity index (χ0v) is 33.5. The minimum atomic E-state index is 0.591. The second-order valence-corrected chi connectivity index (χ2v) is 15.6. The van der Waals surface area contributed by atoms with Crippen molar-refractivity contribution in [1.82, 2.24) is 19.5 Å². The van der Waals surface area contributed by atoms with Crippen LogP contribution in [0.1, 0.15) is 0 Å². The molecule has 3 heterocycles. The first-order valence-corrected chi connectivity index (χ1v) is 20.8. The highest BCUT2D eigenvalue weighted by atomic mass is 16.3. The monoisotopic (exact) mass is 792 g/mol. The Bertz CT molecular complexity index is 3550. The molecule has 0 saturated heterocycles. The van der Waals surface area contributed by atoms with Gasteiger partial charge in [0.15, 0.2) is 17.5 Å². The summed E-state index contributed by atoms with van der Waals surface area (Å²) in [6.45, 7) is 0. The second kappa shape index (κ2) is 14.7. The minimum Gasteiger partial charge on any atom is -0.456 e. The van der Waals surface area contributed by atoms with Gasteiger partial charge in [0.25, 0.3) is 0 Å². The average Bonchev–Trinajstić information content (AvgIpc) is 3.88. The van der Waals surface area contributed by atoms with Crippen LogP contribution in [-0.4, -0.2) is 19.5 Å². The first kappa shape index (κ1) is 35.5. The molecule has 3 aromatic heterocycles. The molecular formula is C57H36N4O. The largest absolute Gasteiger partial charge is 0.456 e. The van der Waals surface area contributed by atoms with Gasteiger partial charge >= 0.3 is 0 Å². The number of hydrogen-bond donors (Lipinski definition) is 0. The number of nitrogens with zero attached hydrogens (tertiary/aromatic N) is 4. The van der Waals surface area contributed by atoms with Crippen LogP contribution in [0.3, 0.4) is 0 Å². The topological polar surface area (TPSA) is 56.7 Å². The van der Waals surface area contributed by atoms with Gasteiger partial charge in [-0.15, -0.1) is 0 Å². The molecule has 0 aliphatic carbocycles. The van der Waals surface area contributed by atoms with Gasteiger partial charge in [-0.1, -0.05) is 176 Å². The minimum absolute atomic E-state index is 0.591. The van der Waals surface area contributed by atoms with Crippen LogP contribution in [-0.2, 0) is 0 Å². The fourth-order valence-corrected chi connectivity index (χ4v) is 8.93. The van der Waals surface area contributed by atoms with Gasteiger partial charge in [-0.25, -0.2) is 15.0 Å². The Kier molecular flexibility index (Phi) is 8.42. The highest BCUT2D eigenvalue weighted by Crippen LogP contribution is 2.45. The summed E-state index contributed by atoms with van der Waals surface area (Å²) in [7, 11) is 0. The van der Waals surface area contributed by atoms with Gasteiger partial charge in [-0.3, -0.25) is 0 Å². The van der Waals surface area contributed by atoms with Gasteiger partial charge in [0.05, 0.1) is 16.7 Å². The highest BCUT2D eigenvalue weighted by Gasteiger charge is 2.24. The predicted molar refractivity (Wildman–Crippen MR) is 254 cm³/mol. The van der Waals surface area contributed by atoms with Crippen molar-refractivity contribution in [2.75, 3.05) is 0 Å². The predicted octanol–water partition coefficient (Wildman–Crippen LogP) is 14.9. The summed E-state index contributed by atoms with van der Waals surface area (Å²) >= 11 is 0. The number of furan rings is 1. The van der Waals surface area contributed by atoms with Gasteiger partial charge in [0.2, 0.25) is 0 Å². The van der Waals surface area contributed by atoms with Crippen molar-refractivity contribution < 1.29 is 4.42 Å². The van der Waals surface area contributed by atoms with Crippen LogP contribution < -0.4 is 0 Å². The molecule has 12 rings (SSSR count). The standard InChI is InChI=1S/C57H36N4O/c1-5-18-37(19-6-1)41-26-17-27-42(32-41)56-58-55(40-24-11-4-12-25-40)59-57(60-56)43-33-46(38-20-7-2-8-21-38)54(47(34-43)39-22-9-3-10-23-39)61-50-30-15-13-28-44(50)48-36-53-49(35-51(48)61)45-29-14-16-31-52(45)62-53/h1-36H. The molecule has 0 aliphatic heterocycles. The molecule has 0 bridgehead atoms. The fraction of sp³-hybridized carbons (Fsp3) is 0. The van der Waals surface area contributed by atoms with E-state index in [2.05, 4.69) is 187 Å². The van der Waals surface area contributed by atoms with Crippen LogP contribution in [0.4, 0.5) is 0 Å². The third-order valence-corrected chi connectivity index (χ3v) is 11.8. The van der Waals surface area contributed by atoms with Crippen LogP contribution >= 0.6 is 0 Å². The normalized spacial score (nSPS) is 11.5. The Labute approximate surface area is 357 Å². The fourth-order valence-electron chi connectivity index (χ4n) is 8.93. The molecule has 0 saturated carbocycles. The van der Waals surface area contributed by atoms with Crippen LogP contribution in [0.5, 0.6) is 0 Å². The van der Waals surface area contributed by atoms with E-state index in [-0.39, 0.29) is 0 Å². The molecule has 0 spiro atoms. The van der Waals surface area contributed by atoms with E-state index in [1.54, 1.807) is 0 Å². The first-order valence-electron chi connectivity index (χ1n) is 20.8. The van der Waals surface area contributed by atoms with Crippen molar-refractivity contribution in [2.24, 2.45) is 0 Å². The van der Waals surface area contributed by atoms with E-state index in [0.717, 1.165) is 99.5 Å². The first-order chi connectivity index (χ1) is 30.7. The summed E-state index contributed by atoms with van der Waals surface area (Å²) in [5.74, 6) is 1.81. The molecule has 5 nitrogen and oxygen atoms in total. The van der Waals surface area contributed by atoms with E-state index in [1.807, 2.05) is 36.4 Å². The van der Waals surface area contributed by atoms with Crippen LogP contribution in [0, 0.1) is 0 Å². The summed E-state index contributed by atoms with van der Waals surface area (Å²) in [6, 6.07) is 76.4. The molecule has 290 valence electrons. The number of fused-ring (bicyclic) bond motifs is 6. The zero-order chi connectivity index (χ0) is 41.0. The van der Waals surface area contributed by atoms with E-state index in [0.29, 0.717) is 17.5 Å². The van der Waals surface area contributed by atoms with Gasteiger partial charge < -0.3 is 8.98 Å². The Balaban J connectivity index is 1.17.